The van der Waals surface area contributed by atoms with Gasteiger partial charge in [0.05, 0.1) is 0 Å². The van der Waals surface area contributed by atoms with Crippen LogP contribution in [0.3, 0.4) is 0 Å². The van der Waals surface area contributed by atoms with Crippen LogP contribution in [0.1, 0.15) is 0 Å². The van der Waals surface area contributed by atoms with Crippen molar-refractivity contribution in [1.82, 2.24) is 0 Å². The average Bonchev–Trinajstić information content (AvgIpc) is 2.58. The number of rotatable bonds is 4. The van der Waals surface area contributed by atoms with Crippen molar-refractivity contribution >= 4 is 34.0 Å². The Morgan fingerprint density at radius 3 is 1.59 bits per heavy atom. The average molecular weight is 325 g/mol. The van der Waals surface area contributed by atoms with Gasteiger partial charge in [0.1, 0.15) is 0 Å². The minimum atomic E-state index is -2.79. The van der Waals surface area contributed by atoms with E-state index in [9.17, 15) is 4.57 Å². The Balaban J connectivity index is 2.08. The van der Waals surface area contributed by atoms with Crippen LogP contribution in [0.4, 0.5) is 5.69 Å². The Morgan fingerprint density at radius 2 is 1.14 bits per heavy atom. The second kappa shape index (κ2) is 6.43. The molecule has 0 spiro atoms. The molecule has 0 saturated heterocycles. The topological polar surface area (TPSA) is 43.1 Å². The molecule has 3 aromatic carbocycles. The van der Waals surface area contributed by atoms with E-state index in [1.54, 1.807) is 0 Å². The molecule has 0 fully saturated rings. The quantitative estimate of drug-likeness (QED) is 0.575. The van der Waals surface area contributed by atoms with Crippen LogP contribution >= 0.6 is 17.7 Å². The summed E-state index contributed by atoms with van der Waals surface area (Å²) in [5.41, 5.74) is 6.44. The molecule has 0 aliphatic heterocycles. The Labute approximate surface area is 134 Å². The lowest BCUT2D eigenvalue weighted by Crippen LogP contribution is -2.13. The van der Waals surface area contributed by atoms with Crippen LogP contribution in [0, 0.1) is 0 Å². The summed E-state index contributed by atoms with van der Waals surface area (Å²) in [5, 5.41) is 1.70. The summed E-state index contributed by atoms with van der Waals surface area (Å²) in [4.78, 5) is 0.949. The summed E-state index contributed by atoms with van der Waals surface area (Å²) in [7, 11) is 0. The molecule has 3 aromatic rings. The minimum absolute atomic E-state index is 0.707. The van der Waals surface area contributed by atoms with Crippen molar-refractivity contribution in [1.29, 1.82) is 0 Å². The third kappa shape index (κ3) is 3.11. The summed E-state index contributed by atoms with van der Waals surface area (Å²) >= 11 is 1.41. The van der Waals surface area contributed by atoms with Crippen molar-refractivity contribution < 1.29 is 4.57 Å². The van der Waals surface area contributed by atoms with Crippen LogP contribution < -0.4 is 16.3 Å². The molecule has 0 aliphatic rings. The Morgan fingerprint density at radius 1 is 0.682 bits per heavy atom. The molecule has 110 valence electrons. The summed E-state index contributed by atoms with van der Waals surface area (Å²) in [6.45, 7) is 0. The molecule has 3 rings (SSSR count). The molecule has 0 radical (unpaired) electrons. The van der Waals surface area contributed by atoms with E-state index in [4.69, 9.17) is 5.73 Å². The highest BCUT2D eigenvalue weighted by Gasteiger charge is 2.28. The molecule has 0 bridgehead atoms. The van der Waals surface area contributed by atoms with Gasteiger partial charge in [0.15, 0.2) is 6.34 Å². The standard InChI is InChI=1S/C18H16NOPS/c19-15-11-13-18(14-12-15)22-21(20,16-7-3-1-4-8-16)17-9-5-2-6-10-17/h1-14H,19H2. The van der Waals surface area contributed by atoms with Gasteiger partial charge in [-0.1, -0.05) is 72.0 Å². The number of benzene rings is 3. The zero-order valence-corrected chi connectivity index (χ0v) is 13.6. The minimum Gasteiger partial charge on any atom is -0.399 e. The highest BCUT2D eigenvalue weighted by atomic mass is 32.7. The molecule has 0 unspecified atom stereocenters. The molecular formula is C18H16NOPS. The smallest absolute Gasteiger partial charge is 0.199 e. The second-order valence-corrected chi connectivity index (χ2v) is 9.76. The SMILES string of the molecule is Nc1ccc(SP(=O)(c2ccccc2)c2ccccc2)cc1. The molecule has 0 atom stereocenters. The van der Waals surface area contributed by atoms with Crippen molar-refractivity contribution in [3.05, 3.63) is 84.9 Å². The number of nitrogen functional groups attached to an aromatic ring is 1. The molecule has 2 nitrogen and oxygen atoms in total. The van der Waals surface area contributed by atoms with E-state index >= 15 is 0 Å². The first kappa shape index (κ1) is 15.0. The maximum absolute atomic E-state index is 13.8. The maximum atomic E-state index is 13.8. The zero-order chi connectivity index (χ0) is 15.4. The van der Waals surface area contributed by atoms with Gasteiger partial charge in [-0.15, -0.1) is 0 Å². The lowest BCUT2D eigenvalue weighted by Gasteiger charge is -2.18. The van der Waals surface area contributed by atoms with E-state index < -0.39 is 6.34 Å². The maximum Gasteiger partial charge on any atom is 0.199 e. The van der Waals surface area contributed by atoms with Crippen LogP contribution in [0.25, 0.3) is 0 Å². The van der Waals surface area contributed by atoms with Crippen LogP contribution in [0.2, 0.25) is 0 Å². The summed E-state index contributed by atoms with van der Waals surface area (Å²) in [6, 6.07) is 26.8. The lowest BCUT2D eigenvalue weighted by molar-refractivity contribution is 0.595. The van der Waals surface area contributed by atoms with Gasteiger partial charge in [-0.25, -0.2) is 0 Å². The number of anilines is 1. The van der Waals surface area contributed by atoms with E-state index in [0.717, 1.165) is 15.5 Å². The third-order valence-corrected chi connectivity index (χ3v) is 8.67. The summed E-state index contributed by atoms with van der Waals surface area (Å²) in [6.07, 6.45) is -2.79. The van der Waals surface area contributed by atoms with Crippen molar-refractivity contribution in [2.75, 3.05) is 5.73 Å². The molecule has 0 aromatic heterocycles. The van der Waals surface area contributed by atoms with Crippen LogP contribution in [-0.4, -0.2) is 0 Å². The summed E-state index contributed by atoms with van der Waals surface area (Å²) < 4.78 is 13.8. The molecule has 2 N–H and O–H groups in total. The van der Waals surface area contributed by atoms with E-state index in [-0.39, 0.29) is 0 Å². The predicted octanol–water partition coefficient (Wildman–Crippen LogP) is 4.29. The molecule has 0 amide bonds. The fraction of sp³-hybridized carbons (Fsp3) is 0. The third-order valence-electron chi connectivity index (χ3n) is 3.31. The van der Waals surface area contributed by atoms with Gasteiger partial charge in [0.25, 0.3) is 0 Å². The Kier molecular flexibility index (Phi) is 4.37. The first-order chi connectivity index (χ1) is 10.7. The van der Waals surface area contributed by atoms with Crippen molar-refractivity contribution in [3.63, 3.8) is 0 Å². The first-order valence-electron chi connectivity index (χ1n) is 6.95. The van der Waals surface area contributed by atoms with E-state index in [1.807, 2.05) is 84.9 Å². The fourth-order valence-electron chi connectivity index (χ4n) is 2.18. The van der Waals surface area contributed by atoms with Crippen LogP contribution in [0.15, 0.2) is 89.8 Å². The van der Waals surface area contributed by atoms with Gasteiger partial charge in [0.2, 0.25) is 0 Å². The van der Waals surface area contributed by atoms with Gasteiger partial charge in [-0.2, -0.15) is 0 Å². The van der Waals surface area contributed by atoms with Gasteiger partial charge in [-0.3, -0.25) is 0 Å². The second-order valence-electron chi connectivity index (χ2n) is 4.88. The van der Waals surface area contributed by atoms with E-state index in [2.05, 4.69) is 0 Å². The molecule has 0 heterocycles. The van der Waals surface area contributed by atoms with Gasteiger partial charge < -0.3 is 10.3 Å². The van der Waals surface area contributed by atoms with Gasteiger partial charge in [-0.05, 0) is 24.3 Å². The van der Waals surface area contributed by atoms with Crippen molar-refractivity contribution in [3.8, 4) is 0 Å². The largest absolute Gasteiger partial charge is 0.399 e. The molecule has 22 heavy (non-hydrogen) atoms. The highest BCUT2D eigenvalue weighted by Crippen LogP contribution is 2.59. The Hall–Kier alpha value is -1.96. The number of hydrogen-bond donors (Lipinski definition) is 1. The van der Waals surface area contributed by atoms with Gasteiger partial charge in [0, 0.05) is 21.2 Å². The normalized spacial score (nSPS) is 11.3. The van der Waals surface area contributed by atoms with Crippen molar-refractivity contribution in [2.45, 2.75) is 4.90 Å². The fourth-order valence-corrected chi connectivity index (χ4v) is 6.99. The molecule has 4 heteroatoms. The predicted molar refractivity (Wildman–Crippen MR) is 96.5 cm³/mol. The monoisotopic (exact) mass is 325 g/mol. The van der Waals surface area contributed by atoms with Crippen molar-refractivity contribution in [2.24, 2.45) is 0 Å². The highest BCUT2D eigenvalue weighted by molar-refractivity contribution is 8.62. The van der Waals surface area contributed by atoms with Crippen LogP contribution in [0.5, 0.6) is 0 Å². The lowest BCUT2D eigenvalue weighted by atomic mass is 10.3. The molecule has 0 aliphatic carbocycles. The zero-order valence-electron chi connectivity index (χ0n) is 11.9. The van der Waals surface area contributed by atoms with Crippen LogP contribution in [-0.2, 0) is 4.57 Å². The summed E-state index contributed by atoms with van der Waals surface area (Å²) in [5.74, 6) is 0. The van der Waals surface area contributed by atoms with E-state index in [0.29, 0.717) is 5.69 Å². The molecular weight excluding hydrogens is 309 g/mol. The number of nitrogens with two attached hydrogens (primary N) is 1. The number of hydrogen-bond acceptors (Lipinski definition) is 3. The Bertz CT molecular complexity index is 745. The van der Waals surface area contributed by atoms with Gasteiger partial charge >= 0.3 is 0 Å². The molecule has 0 saturated carbocycles. The van der Waals surface area contributed by atoms with E-state index in [1.165, 1.54) is 11.4 Å². The first-order valence-corrected chi connectivity index (χ1v) is 10.1.